The predicted octanol–water partition coefficient (Wildman–Crippen LogP) is 2.64. The van der Waals surface area contributed by atoms with Crippen LogP contribution in [0.3, 0.4) is 0 Å². The van der Waals surface area contributed by atoms with Crippen molar-refractivity contribution in [2.75, 3.05) is 0 Å². The van der Waals surface area contributed by atoms with Crippen molar-refractivity contribution < 1.29 is 9.53 Å². The van der Waals surface area contributed by atoms with Gasteiger partial charge in [0.2, 0.25) is 0 Å². The van der Waals surface area contributed by atoms with Gasteiger partial charge < -0.3 is 4.74 Å². The van der Waals surface area contributed by atoms with Crippen molar-refractivity contribution in [1.82, 2.24) is 14.8 Å². The zero-order valence-electron chi connectivity index (χ0n) is 12.4. The first kappa shape index (κ1) is 13.8. The number of carbonyl (C=O) groups is 1. The Morgan fingerprint density at radius 3 is 3.00 bits per heavy atom. The number of aromatic nitrogens is 3. The van der Waals surface area contributed by atoms with Gasteiger partial charge in [-0.25, -0.2) is 9.67 Å². The van der Waals surface area contributed by atoms with Gasteiger partial charge in [0.15, 0.2) is 11.6 Å². The molecule has 0 aliphatic heterocycles. The molecule has 1 aromatic heterocycles. The van der Waals surface area contributed by atoms with Crippen molar-refractivity contribution in [2.45, 2.75) is 39.8 Å². The molecule has 1 aromatic carbocycles. The van der Waals surface area contributed by atoms with E-state index in [4.69, 9.17) is 4.74 Å². The normalized spacial score (nSPS) is 13.8. The molecule has 1 aliphatic carbocycles. The van der Waals surface area contributed by atoms with E-state index in [0.717, 1.165) is 35.7 Å². The van der Waals surface area contributed by atoms with Gasteiger partial charge in [0, 0.05) is 24.1 Å². The summed E-state index contributed by atoms with van der Waals surface area (Å²) in [5, 5.41) is 4.22. The summed E-state index contributed by atoms with van der Waals surface area (Å²) in [7, 11) is 0. The Labute approximate surface area is 124 Å². The van der Waals surface area contributed by atoms with Crippen molar-refractivity contribution in [3.05, 3.63) is 41.5 Å². The average molecular weight is 285 g/mol. The van der Waals surface area contributed by atoms with Gasteiger partial charge in [0.05, 0.1) is 0 Å². The standard InChI is InChI=1S/C16H19N3O2/c1-11(2)8-19-16(17-10-18-19)9-21-15-5-3-4-12-13(15)6-7-14(12)20/h3-5,10-11H,6-9H2,1-2H3. The fourth-order valence-electron chi connectivity index (χ4n) is 2.63. The molecule has 21 heavy (non-hydrogen) atoms. The molecule has 5 heteroatoms. The Bertz CT molecular complexity index is 661. The lowest BCUT2D eigenvalue weighted by Crippen LogP contribution is -2.12. The minimum absolute atomic E-state index is 0.207. The summed E-state index contributed by atoms with van der Waals surface area (Å²) in [5.41, 5.74) is 1.83. The maximum absolute atomic E-state index is 11.7. The van der Waals surface area contributed by atoms with E-state index in [0.29, 0.717) is 18.9 Å². The van der Waals surface area contributed by atoms with Gasteiger partial charge in [0.25, 0.3) is 0 Å². The van der Waals surface area contributed by atoms with E-state index in [9.17, 15) is 4.79 Å². The van der Waals surface area contributed by atoms with Crippen LogP contribution in [0, 0.1) is 5.92 Å². The molecule has 0 N–H and O–H groups in total. The first-order valence-corrected chi connectivity index (χ1v) is 7.29. The quantitative estimate of drug-likeness (QED) is 0.847. The van der Waals surface area contributed by atoms with E-state index in [1.54, 1.807) is 6.33 Å². The molecule has 5 nitrogen and oxygen atoms in total. The minimum atomic E-state index is 0.207. The molecule has 0 atom stereocenters. The van der Waals surface area contributed by atoms with Gasteiger partial charge in [-0.05, 0) is 18.4 Å². The first-order chi connectivity index (χ1) is 10.1. The molecule has 1 aliphatic rings. The van der Waals surface area contributed by atoms with Crippen molar-refractivity contribution >= 4 is 5.78 Å². The topological polar surface area (TPSA) is 57.0 Å². The van der Waals surface area contributed by atoms with Gasteiger partial charge in [-0.3, -0.25) is 4.79 Å². The van der Waals surface area contributed by atoms with E-state index < -0.39 is 0 Å². The van der Waals surface area contributed by atoms with Crippen LogP contribution in [0.5, 0.6) is 5.75 Å². The Balaban J connectivity index is 1.75. The summed E-state index contributed by atoms with van der Waals surface area (Å²) < 4.78 is 7.76. The molecule has 0 saturated heterocycles. The second-order valence-electron chi connectivity index (χ2n) is 5.75. The van der Waals surface area contributed by atoms with Crippen molar-refractivity contribution in [3.8, 4) is 5.75 Å². The lowest BCUT2D eigenvalue weighted by Gasteiger charge is -2.12. The number of hydrogen-bond acceptors (Lipinski definition) is 4. The van der Waals surface area contributed by atoms with E-state index in [1.807, 2.05) is 22.9 Å². The molecule has 3 rings (SSSR count). The van der Waals surface area contributed by atoms with E-state index >= 15 is 0 Å². The van der Waals surface area contributed by atoms with Crippen LogP contribution < -0.4 is 4.74 Å². The summed E-state index contributed by atoms with van der Waals surface area (Å²) in [4.78, 5) is 16.0. The highest BCUT2D eigenvalue weighted by Crippen LogP contribution is 2.30. The number of rotatable bonds is 5. The maximum Gasteiger partial charge on any atom is 0.164 e. The average Bonchev–Trinajstić information content (AvgIpc) is 3.04. The Morgan fingerprint density at radius 1 is 1.33 bits per heavy atom. The molecule has 0 amide bonds. The number of benzene rings is 1. The van der Waals surface area contributed by atoms with Crippen LogP contribution in [0.2, 0.25) is 0 Å². The zero-order chi connectivity index (χ0) is 14.8. The van der Waals surface area contributed by atoms with Crippen molar-refractivity contribution in [2.24, 2.45) is 5.92 Å². The first-order valence-electron chi connectivity index (χ1n) is 7.29. The van der Waals surface area contributed by atoms with Crippen LogP contribution >= 0.6 is 0 Å². The van der Waals surface area contributed by atoms with Gasteiger partial charge in [-0.1, -0.05) is 26.0 Å². The second kappa shape index (κ2) is 5.68. The molecular weight excluding hydrogens is 266 g/mol. The summed E-state index contributed by atoms with van der Waals surface area (Å²) >= 11 is 0. The van der Waals surface area contributed by atoms with Gasteiger partial charge in [-0.2, -0.15) is 5.10 Å². The van der Waals surface area contributed by atoms with Crippen molar-refractivity contribution in [1.29, 1.82) is 0 Å². The number of hydrogen-bond donors (Lipinski definition) is 0. The summed E-state index contributed by atoms with van der Waals surface area (Å²) in [6.45, 7) is 5.48. The molecule has 1 heterocycles. The monoisotopic (exact) mass is 285 g/mol. The molecule has 0 radical (unpaired) electrons. The number of carbonyl (C=O) groups excluding carboxylic acids is 1. The lowest BCUT2D eigenvalue weighted by molar-refractivity contribution is 0.0994. The fourth-order valence-corrected chi connectivity index (χ4v) is 2.63. The third kappa shape index (κ3) is 2.82. The molecule has 0 saturated carbocycles. The Kier molecular flexibility index (Phi) is 3.73. The third-order valence-electron chi connectivity index (χ3n) is 3.63. The SMILES string of the molecule is CC(C)Cn1ncnc1COc1cccc2c1CCC2=O. The number of ether oxygens (including phenoxy) is 1. The highest BCUT2D eigenvalue weighted by atomic mass is 16.5. The predicted molar refractivity (Wildman–Crippen MR) is 78.3 cm³/mol. The molecular formula is C16H19N3O2. The Morgan fingerprint density at radius 2 is 2.19 bits per heavy atom. The molecule has 0 spiro atoms. The van der Waals surface area contributed by atoms with E-state index in [-0.39, 0.29) is 5.78 Å². The summed E-state index contributed by atoms with van der Waals surface area (Å²) in [6, 6.07) is 5.66. The highest BCUT2D eigenvalue weighted by molar-refractivity contribution is 6.01. The smallest absolute Gasteiger partial charge is 0.164 e. The fraction of sp³-hybridized carbons (Fsp3) is 0.438. The van der Waals surface area contributed by atoms with E-state index in [2.05, 4.69) is 23.9 Å². The summed E-state index contributed by atoms with van der Waals surface area (Å²) in [6.07, 6.45) is 2.91. The van der Waals surface area contributed by atoms with Gasteiger partial charge in [0.1, 0.15) is 18.7 Å². The third-order valence-corrected chi connectivity index (χ3v) is 3.63. The summed E-state index contributed by atoms with van der Waals surface area (Å²) in [5.74, 6) is 2.31. The van der Waals surface area contributed by atoms with Crippen LogP contribution in [-0.2, 0) is 19.6 Å². The Hall–Kier alpha value is -2.17. The zero-order valence-corrected chi connectivity index (χ0v) is 12.4. The minimum Gasteiger partial charge on any atom is -0.485 e. The second-order valence-corrected chi connectivity index (χ2v) is 5.75. The molecule has 2 aromatic rings. The van der Waals surface area contributed by atoms with Crippen molar-refractivity contribution in [3.63, 3.8) is 0 Å². The van der Waals surface area contributed by atoms with Crippen LogP contribution in [-0.4, -0.2) is 20.5 Å². The maximum atomic E-state index is 11.7. The molecule has 0 bridgehead atoms. The number of fused-ring (bicyclic) bond motifs is 1. The van der Waals surface area contributed by atoms with Crippen LogP contribution in [0.4, 0.5) is 0 Å². The van der Waals surface area contributed by atoms with Crippen LogP contribution in [0.1, 0.15) is 42.0 Å². The number of ketones is 1. The number of nitrogens with zero attached hydrogens (tertiary/aromatic N) is 3. The molecule has 0 fully saturated rings. The molecule has 0 unspecified atom stereocenters. The van der Waals surface area contributed by atoms with Crippen LogP contribution in [0.15, 0.2) is 24.5 Å². The number of Topliss-reactive ketones (excluding diaryl/α,β-unsaturated/α-hetero) is 1. The van der Waals surface area contributed by atoms with Gasteiger partial charge >= 0.3 is 0 Å². The highest BCUT2D eigenvalue weighted by Gasteiger charge is 2.22. The molecule has 110 valence electrons. The lowest BCUT2D eigenvalue weighted by atomic mass is 10.1. The van der Waals surface area contributed by atoms with E-state index in [1.165, 1.54) is 0 Å². The van der Waals surface area contributed by atoms with Crippen LogP contribution in [0.25, 0.3) is 0 Å². The largest absolute Gasteiger partial charge is 0.485 e. The van der Waals surface area contributed by atoms with Gasteiger partial charge in [-0.15, -0.1) is 0 Å².